The highest BCUT2D eigenvalue weighted by Crippen LogP contribution is 2.21. The van der Waals surface area contributed by atoms with Crippen molar-refractivity contribution in [2.45, 2.75) is 25.9 Å². The van der Waals surface area contributed by atoms with Crippen molar-refractivity contribution < 1.29 is 14.3 Å². The van der Waals surface area contributed by atoms with Crippen molar-refractivity contribution in [2.24, 2.45) is 0 Å². The maximum absolute atomic E-state index is 12.1. The molecule has 0 bridgehead atoms. The Balaban J connectivity index is 2.11. The molecule has 0 aromatic heterocycles. The third kappa shape index (κ3) is 3.98. The number of nitrogens with zero attached hydrogens (tertiary/aromatic N) is 1. The average Bonchev–Trinajstić information content (AvgIpc) is 2.51. The van der Waals surface area contributed by atoms with Crippen molar-refractivity contribution in [1.82, 2.24) is 15.5 Å². The maximum atomic E-state index is 12.1. The molecule has 2 amide bonds. The molecule has 1 fully saturated rings. The predicted molar refractivity (Wildman–Crippen MR) is 83.5 cm³/mol. The van der Waals surface area contributed by atoms with Gasteiger partial charge in [-0.15, -0.1) is 0 Å². The zero-order valence-electron chi connectivity index (χ0n) is 13.1. The third-order valence-electron chi connectivity index (χ3n) is 3.76. The van der Waals surface area contributed by atoms with Gasteiger partial charge in [-0.1, -0.05) is 18.2 Å². The van der Waals surface area contributed by atoms with Crippen molar-refractivity contribution in [2.75, 3.05) is 26.7 Å². The van der Waals surface area contributed by atoms with E-state index in [1.54, 1.807) is 7.11 Å². The largest absolute Gasteiger partial charge is 0.496 e. The molecular formula is C16H23N3O3. The van der Waals surface area contributed by atoms with Gasteiger partial charge in [0.05, 0.1) is 19.6 Å². The van der Waals surface area contributed by atoms with Gasteiger partial charge in [-0.3, -0.25) is 14.5 Å². The van der Waals surface area contributed by atoms with Crippen molar-refractivity contribution in [3.63, 3.8) is 0 Å². The van der Waals surface area contributed by atoms with Gasteiger partial charge in [0.2, 0.25) is 11.8 Å². The van der Waals surface area contributed by atoms with Gasteiger partial charge in [0, 0.05) is 31.7 Å². The summed E-state index contributed by atoms with van der Waals surface area (Å²) in [6.45, 7) is 4.33. The summed E-state index contributed by atoms with van der Waals surface area (Å²) >= 11 is 0. The molecule has 120 valence electrons. The normalized spacial score (nSPS) is 18.6. The summed E-state index contributed by atoms with van der Waals surface area (Å²) in [5.74, 6) is 0.604. The fourth-order valence-electron chi connectivity index (χ4n) is 2.67. The van der Waals surface area contributed by atoms with Gasteiger partial charge in [-0.2, -0.15) is 0 Å². The number of ether oxygens (including phenoxy) is 1. The Hall–Kier alpha value is -2.08. The van der Waals surface area contributed by atoms with Crippen LogP contribution in [0.5, 0.6) is 5.75 Å². The van der Waals surface area contributed by atoms with Gasteiger partial charge in [0.15, 0.2) is 0 Å². The number of hydrogen-bond acceptors (Lipinski definition) is 4. The number of rotatable bonds is 6. The van der Waals surface area contributed by atoms with E-state index in [4.69, 9.17) is 4.74 Å². The lowest BCUT2D eigenvalue weighted by molar-refractivity contribution is -0.134. The lowest BCUT2D eigenvalue weighted by Gasteiger charge is -2.35. The van der Waals surface area contributed by atoms with Crippen molar-refractivity contribution in [3.05, 3.63) is 29.8 Å². The molecule has 0 spiro atoms. The first-order valence-electron chi connectivity index (χ1n) is 7.56. The summed E-state index contributed by atoms with van der Waals surface area (Å²) in [4.78, 5) is 26.0. The number of amides is 2. The van der Waals surface area contributed by atoms with Gasteiger partial charge in [-0.05, 0) is 13.0 Å². The second kappa shape index (κ2) is 7.79. The first-order chi connectivity index (χ1) is 10.7. The van der Waals surface area contributed by atoms with E-state index < -0.39 is 6.04 Å². The van der Waals surface area contributed by atoms with Crippen LogP contribution in [0.25, 0.3) is 0 Å². The topological polar surface area (TPSA) is 70.7 Å². The van der Waals surface area contributed by atoms with E-state index in [9.17, 15) is 9.59 Å². The van der Waals surface area contributed by atoms with Crippen LogP contribution in [0.3, 0.4) is 0 Å². The second-order valence-electron chi connectivity index (χ2n) is 5.25. The Bertz CT molecular complexity index is 533. The SMILES string of the molecule is CCNC(=O)CC1C(=O)NCCN1Cc1ccccc1OC. The average molecular weight is 305 g/mol. The van der Waals surface area contributed by atoms with Gasteiger partial charge in [0.1, 0.15) is 5.75 Å². The number of carbonyl (C=O) groups excluding carboxylic acids is 2. The van der Waals surface area contributed by atoms with Crippen LogP contribution in [0.1, 0.15) is 18.9 Å². The first-order valence-corrected chi connectivity index (χ1v) is 7.56. The van der Waals surface area contributed by atoms with Crippen LogP contribution in [-0.2, 0) is 16.1 Å². The maximum Gasteiger partial charge on any atom is 0.237 e. The van der Waals surface area contributed by atoms with E-state index in [2.05, 4.69) is 10.6 Å². The smallest absolute Gasteiger partial charge is 0.237 e. The summed E-state index contributed by atoms with van der Waals surface area (Å²) in [7, 11) is 1.63. The van der Waals surface area contributed by atoms with Crippen LogP contribution in [0.4, 0.5) is 0 Å². The molecular weight excluding hydrogens is 282 g/mol. The number of carbonyl (C=O) groups is 2. The van der Waals surface area contributed by atoms with Gasteiger partial charge < -0.3 is 15.4 Å². The minimum Gasteiger partial charge on any atom is -0.496 e. The minimum atomic E-state index is -0.440. The molecule has 22 heavy (non-hydrogen) atoms. The van der Waals surface area contributed by atoms with E-state index in [1.807, 2.05) is 36.1 Å². The molecule has 1 aromatic rings. The second-order valence-corrected chi connectivity index (χ2v) is 5.25. The molecule has 1 unspecified atom stereocenters. The minimum absolute atomic E-state index is 0.0904. The van der Waals surface area contributed by atoms with E-state index >= 15 is 0 Å². The Morgan fingerprint density at radius 3 is 2.95 bits per heavy atom. The molecule has 6 heteroatoms. The van der Waals surface area contributed by atoms with Crippen LogP contribution < -0.4 is 15.4 Å². The Labute approximate surface area is 130 Å². The third-order valence-corrected chi connectivity index (χ3v) is 3.76. The number of hydrogen-bond donors (Lipinski definition) is 2. The molecule has 0 saturated carbocycles. The molecule has 1 atom stereocenters. The first kappa shape index (κ1) is 16.3. The summed E-state index contributed by atoms with van der Waals surface area (Å²) in [5.41, 5.74) is 1.01. The van der Waals surface area contributed by atoms with Crippen molar-refractivity contribution in [1.29, 1.82) is 0 Å². The van der Waals surface area contributed by atoms with Crippen molar-refractivity contribution >= 4 is 11.8 Å². The molecule has 6 nitrogen and oxygen atoms in total. The van der Waals surface area contributed by atoms with Crippen LogP contribution in [-0.4, -0.2) is 49.5 Å². The van der Waals surface area contributed by atoms with Crippen LogP contribution in [0.2, 0.25) is 0 Å². The molecule has 1 aromatic carbocycles. The monoisotopic (exact) mass is 305 g/mol. The molecule has 0 radical (unpaired) electrons. The van der Waals surface area contributed by atoms with Gasteiger partial charge in [-0.25, -0.2) is 0 Å². The Morgan fingerprint density at radius 1 is 1.45 bits per heavy atom. The number of piperazine rings is 1. The van der Waals surface area contributed by atoms with Gasteiger partial charge in [0.25, 0.3) is 0 Å². The summed E-state index contributed by atoms with van der Waals surface area (Å²) in [6.07, 6.45) is 0.175. The summed E-state index contributed by atoms with van der Waals surface area (Å²) in [5, 5.41) is 5.58. The van der Waals surface area contributed by atoms with E-state index in [0.717, 1.165) is 11.3 Å². The van der Waals surface area contributed by atoms with E-state index in [-0.39, 0.29) is 18.2 Å². The molecule has 2 N–H and O–H groups in total. The highest BCUT2D eigenvalue weighted by atomic mass is 16.5. The fourth-order valence-corrected chi connectivity index (χ4v) is 2.67. The molecule has 1 aliphatic heterocycles. The van der Waals surface area contributed by atoms with Crippen LogP contribution in [0, 0.1) is 0 Å². The molecule has 1 aliphatic rings. The number of benzene rings is 1. The van der Waals surface area contributed by atoms with Crippen LogP contribution in [0.15, 0.2) is 24.3 Å². The zero-order chi connectivity index (χ0) is 15.9. The molecule has 2 rings (SSSR count). The molecule has 0 aliphatic carbocycles. The fraction of sp³-hybridized carbons (Fsp3) is 0.500. The highest BCUT2D eigenvalue weighted by Gasteiger charge is 2.31. The van der Waals surface area contributed by atoms with E-state index in [0.29, 0.717) is 26.2 Å². The van der Waals surface area contributed by atoms with Gasteiger partial charge >= 0.3 is 0 Å². The lowest BCUT2D eigenvalue weighted by Crippen LogP contribution is -2.56. The Kier molecular flexibility index (Phi) is 5.77. The summed E-state index contributed by atoms with van der Waals surface area (Å²) in [6, 6.07) is 7.30. The number of para-hydroxylation sites is 1. The summed E-state index contributed by atoms with van der Waals surface area (Å²) < 4.78 is 5.36. The van der Waals surface area contributed by atoms with E-state index in [1.165, 1.54) is 0 Å². The zero-order valence-corrected chi connectivity index (χ0v) is 13.1. The predicted octanol–water partition coefficient (Wildman–Crippen LogP) is 0.522. The van der Waals surface area contributed by atoms with Crippen molar-refractivity contribution in [3.8, 4) is 5.75 Å². The highest BCUT2D eigenvalue weighted by molar-refractivity contribution is 5.88. The Morgan fingerprint density at radius 2 is 2.23 bits per heavy atom. The molecule has 1 saturated heterocycles. The standard InChI is InChI=1S/C16H23N3O3/c1-3-17-15(20)10-13-16(21)18-8-9-19(13)11-12-6-4-5-7-14(12)22-2/h4-7,13H,3,8-11H2,1-2H3,(H,17,20)(H,18,21). The lowest BCUT2D eigenvalue weighted by atomic mass is 10.1. The molecule has 1 heterocycles. The van der Waals surface area contributed by atoms with Crippen LogP contribution >= 0.6 is 0 Å². The quantitative estimate of drug-likeness (QED) is 0.804. The number of methoxy groups -OCH3 is 1. The number of nitrogens with one attached hydrogen (secondary N) is 2.